The van der Waals surface area contributed by atoms with E-state index in [0.29, 0.717) is 22.2 Å². The van der Waals surface area contributed by atoms with Gasteiger partial charge in [-0.15, -0.1) is 10.2 Å². The van der Waals surface area contributed by atoms with Crippen LogP contribution in [0.2, 0.25) is 0 Å². The van der Waals surface area contributed by atoms with E-state index in [2.05, 4.69) is 20.8 Å². The van der Waals surface area contributed by atoms with Crippen molar-refractivity contribution >= 4 is 29.3 Å². The highest BCUT2D eigenvalue weighted by molar-refractivity contribution is 7.99. The van der Waals surface area contributed by atoms with Gasteiger partial charge in [-0.3, -0.25) is 14.2 Å². The highest BCUT2D eigenvalue weighted by atomic mass is 32.2. The maximum atomic E-state index is 12.6. The van der Waals surface area contributed by atoms with Crippen LogP contribution >= 0.6 is 11.8 Å². The zero-order chi connectivity index (χ0) is 24.6. The fraction of sp³-hybridized carbons (Fsp3) is 0.154. The van der Waals surface area contributed by atoms with Gasteiger partial charge in [0.2, 0.25) is 5.91 Å². The summed E-state index contributed by atoms with van der Waals surface area (Å²) >= 11 is 1.27. The molecule has 178 valence electrons. The molecule has 0 unspecified atom stereocenters. The van der Waals surface area contributed by atoms with Crippen molar-refractivity contribution in [3.63, 3.8) is 0 Å². The third kappa shape index (κ3) is 6.27. The third-order valence-corrected chi connectivity index (χ3v) is 6.04. The lowest BCUT2D eigenvalue weighted by Gasteiger charge is -2.11. The van der Waals surface area contributed by atoms with Gasteiger partial charge in [0.25, 0.3) is 5.91 Å². The van der Waals surface area contributed by atoms with Gasteiger partial charge in [0.15, 0.2) is 11.0 Å². The zero-order valence-electron chi connectivity index (χ0n) is 19.4. The lowest BCUT2D eigenvalue weighted by molar-refractivity contribution is -0.113. The number of nitrogens with zero attached hydrogens (tertiary/aromatic N) is 3. The number of carbonyl (C=O) groups is 2. The molecule has 8 nitrogen and oxygen atoms in total. The van der Waals surface area contributed by atoms with Crippen LogP contribution in [0.5, 0.6) is 5.75 Å². The highest BCUT2D eigenvalue weighted by Crippen LogP contribution is 2.23. The van der Waals surface area contributed by atoms with Crippen molar-refractivity contribution in [2.24, 2.45) is 0 Å². The molecule has 3 aromatic carbocycles. The number of methoxy groups -OCH3 is 1. The van der Waals surface area contributed by atoms with Crippen molar-refractivity contribution in [2.45, 2.75) is 18.6 Å². The third-order valence-electron chi connectivity index (χ3n) is 5.11. The number of rotatable bonds is 9. The Kier molecular flexibility index (Phi) is 7.79. The Morgan fingerprint density at radius 1 is 0.971 bits per heavy atom. The summed E-state index contributed by atoms with van der Waals surface area (Å²) in [5, 5.41) is 14.9. The van der Waals surface area contributed by atoms with Crippen molar-refractivity contribution < 1.29 is 14.3 Å². The maximum absolute atomic E-state index is 12.6. The van der Waals surface area contributed by atoms with E-state index >= 15 is 0 Å². The number of ether oxygens (including phenoxy) is 1. The molecule has 2 amide bonds. The van der Waals surface area contributed by atoms with E-state index in [-0.39, 0.29) is 24.1 Å². The molecule has 9 heteroatoms. The molecule has 0 aliphatic carbocycles. The van der Waals surface area contributed by atoms with E-state index < -0.39 is 0 Å². The van der Waals surface area contributed by atoms with E-state index in [1.807, 2.05) is 60.0 Å². The highest BCUT2D eigenvalue weighted by Gasteiger charge is 2.17. The summed E-state index contributed by atoms with van der Waals surface area (Å²) in [5.74, 6) is 1.07. The summed E-state index contributed by atoms with van der Waals surface area (Å²) < 4.78 is 6.99. The molecule has 1 aromatic heterocycles. The van der Waals surface area contributed by atoms with E-state index in [1.165, 1.54) is 11.8 Å². The standard InChI is InChI=1S/C26H25N5O3S/c1-18-7-6-8-19(15-18)25(33)27-16-23-29-30-26(31(23)21-9-4-3-5-10-21)35-17-24(32)28-20-11-13-22(34-2)14-12-20/h3-15H,16-17H2,1-2H3,(H,27,33)(H,28,32). The molecule has 35 heavy (non-hydrogen) atoms. The second-order valence-corrected chi connectivity index (χ2v) is 8.63. The first-order valence-electron chi connectivity index (χ1n) is 10.9. The first-order valence-corrected chi connectivity index (χ1v) is 11.9. The topological polar surface area (TPSA) is 98.1 Å². The van der Waals surface area contributed by atoms with Gasteiger partial charge in [-0.25, -0.2) is 0 Å². The largest absolute Gasteiger partial charge is 0.497 e. The number of amides is 2. The molecule has 0 spiro atoms. The second-order valence-electron chi connectivity index (χ2n) is 7.69. The first-order chi connectivity index (χ1) is 17.0. The minimum Gasteiger partial charge on any atom is -0.497 e. The average molecular weight is 488 g/mol. The van der Waals surface area contributed by atoms with Crippen LogP contribution in [0.25, 0.3) is 5.69 Å². The predicted molar refractivity (Wildman–Crippen MR) is 136 cm³/mol. The van der Waals surface area contributed by atoms with Gasteiger partial charge in [0.1, 0.15) is 5.75 Å². The Labute approximate surface area is 207 Å². The van der Waals surface area contributed by atoms with Crippen molar-refractivity contribution in [3.8, 4) is 11.4 Å². The molecule has 2 N–H and O–H groups in total. The van der Waals surface area contributed by atoms with Crippen LogP contribution in [0, 0.1) is 6.92 Å². The lowest BCUT2D eigenvalue weighted by atomic mass is 10.1. The van der Waals surface area contributed by atoms with Crippen molar-refractivity contribution in [3.05, 3.63) is 95.8 Å². The fourth-order valence-electron chi connectivity index (χ4n) is 3.39. The molecule has 0 saturated heterocycles. The molecule has 0 saturated carbocycles. The number of aryl methyl sites for hydroxylation is 1. The molecule has 4 rings (SSSR count). The molecule has 0 bridgehead atoms. The van der Waals surface area contributed by atoms with Gasteiger partial charge >= 0.3 is 0 Å². The number of thioether (sulfide) groups is 1. The summed E-state index contributed by atoms with van der Waals surface area (Å²) in [6.07, 6.45) is 0. The summed E-state index contributed by atoms with van der Waals surface area (Å²) in [6, 6.07) is 24.1. The number of carbonyl (C=O) groups excluding carboxylic acids is 2. The molecule has 0 aliphatic rings. The normalized spacial score (nSPS) is 10.6. The van der Waals surface area contributed by atoms with Crippen molar-refractivity contribution in [1.82, 2.24) is 20.1 Å². The number of aromatic nitrogens is 3. The summed E-state index contributed by atoms with van der Waals surface area (Å²) in [7, 11) is 1.59. The van der Waals surface area contributed by atoms with Gasteiger partial charge < -0.3 is 15.4 Å². The minimum atomic E-state index is -0.190. The monoisotopic (exact) mass is 487 g/mol. The Morgan fingerprint density at radius 2 is 1.74 bits per heavy atom. The average Bonchev–Trinajstić information content (AvgIpc) is 3.29. The van der Waals surface area contributed by atoms with Gasteiger partial charge in [0, 0.05) is 16.9 Å². The first kappa shape index (κ1) is 24.0. The molecule has 4 aromatic rings. The Bertz CT molecular complexity index is 1310. The maximum Gasteiger partial charge on any atom is 0.251 e. The minimum absolute atomic E-state index is 0.145. The SMILES string of the molecule is COc1ccc(NC(=O)CSc2nnc(CNC(=O)c3cccc(C)c3)n2-c2ccccc2)cc1. The Balaban J connectivity index is 1.46. The van der Waals surface area contributed by atoms with Crippen LogP contribution < -0.4 is 15.4 Å². The summed E-state index contributed by atoms with van der Waals surface area (Å²) in [5.41, 5.74) is 3.12. The molecule has 1 heterocycles. The quantitative estimate of drug-likeness (QED) is 0.343. The zero-order valence-corrected chi connectivity index (χ0v) is 20.2. The van der Waals surface area contributed by atoms with E-state index in [1.54, 1.807) is 37.4 Å². The fourth-order valence-corrected chi connectivity index (χ4v) is 4.16. The van der Waals surface area contributed by atoms with E-state index in [0.717, 1.165) is 17.0 Å². The second kappa shape index (κ2) is 11.3. The predicted octanol–water partition coefficient (Wildman–Crippen LogP) is 4.25. The van der Waals surface area contributed by atoms with Crippen molar-refractivity contribution in [1.29, 1.82) is 0 Å². The molecular weight excluding hydrogens is 462 g/mol. The van der Waals surface area contributed by atoms with Crippen molar-refractivity contribution in [2.75, 3.05) is 18.2 Å². The molecule has 0 atom stereocenters. The van der Waals surface area contributed by atoms with Gasteiger partial charge in [0.05, 0.1) is 19.4 Å². The van der Waals surface area contributed by atoms with E-state index in [4.69, 9.17) is 4.74 Å². The number of nitrogens with one attached hydrogen (secondary N) is 2. The van der Waals surface area contributed by atoms with Crippen LogP contribution in [-0.4, -0.2) is 39.4 Å². The Hall–Kier alpha value is -4.11. The number of anilines is 1. The summed E-state index contributed by atoms with van der Waals surface area (Å²) in [4.78, 5) is 25.1. The summed E-state index contributed by atoms with van der Waals surface area (Å²) in [6.45, 7) is 2.13. The Morgan fingerprint density at radius 3 is 2.46 bits per heavy atom. The molecular formula is C26H25N5O3S. The number of hydrogen-bond donors (Lipinski definition) is 2. The van der Waals surface area contributed by atoms with Crippen LogP contribution in [-0.2, 0) is 11.3 Å². The van der Waals surface area contributed by atoms with E-state index in [9.17, 15) is 9.59 Å². The molecule has 0 radical (unpaired) electrons. The van der Waals surface area contributed by atoms with Crippen LogP contribution in [0.3, 0.4) is 0 Å². The van der Waals surface area contributed by atoms with Gasteiger partial charge in [-0.1, -0.05) is 47.7 Å². The molecule has 0 aliphatic heterocycles. The number of hydrogen-bond acceptors (Lipinski definition) is 6. The number of benzene rings is 3. The lowest BCUT2D eigenvalue weighted by Crippen LogP contribution is -2.24. The smallest absolute Gasteiger partial charge is 0.251 e. The number of para-hydroxylation sites is 1. The van der Waals surface area contributed by atoms with Crippen LogP contribution in [0.1, 0.15) is 21.7 Å². The molecule has 0 fully saturated rings. The van der Waals surface area contributed by atoms with Crippen LogP contribution in [0.15, 0.2) is 84.0 Å². The van der Waals surface area contributed by atoms with Gasteiger partial charge in [-0.2, -0.15) is 0 Å². The van der Waals surface area contributed by atoms with Crippen LogP contribution in [0.4, 0.5) is 5.69 Å². The van der Waals surface area contributed by atoms with Gasteiger partial charge in [-0.05, 0) is 55.5 Å².